The Bertz CT molecular complexity index is 1540. The van der Waals surface area contributed by atoms with Crippen molar-refractivity contribution in [1.29, 1.82) is 0 Å². The van der Waals surface area contributed by atoms with Gasteiger partial charge in [0, 0.05) is 5.92 Å². The topological polar surface area (TPSA) is 86.7 Å². The highest BCUT2D eigenvalue weighted by Crippen LogP contribution is 2.45. The fourth-order valence-electron chi connectivity index (χ4n) is 5.49. The predicted octanol–water partition coefficient (Wildman–Crippen LogP) is 5.97. The molecule has 1 fully saturated rings. The van der Waals surface area contributed by atoms with E-state index in [9.17, 15) is 18.4 Å². The van der Waals surface area contributed by atoms with Crippen molar-refractivity contribution in [3.63, 3.8) is 0 Å². The summed E-state index contributed by atoms with van der Waals surface area (Å²) in [7, 11) is 4.26. The summed E-state index contributed by atoms with van der Waals surface area (Å²) in [5.41, 5.74) is 3.26. The molecular formula is C32H30F2N2O6. The van der Waals surface area contributed by atoms with E-state index in [1.54, 1.807) is 24.3 Å². The van der Waals surface area contributed by atoms with Gasteiger partial charge in [-0.3, -0.25) is 4.79 Å². The van der Waals surface area contributed by atoms with E-state index in [0.717, 1.165) is 36.1 Å². The van der Waals surface area contributed by atoms with Crippen LogP contribution >= 0.6 is 0 Å². The van der Waals surface area contributed by atoms with Gasteiger partial charge in [-0.15, -0.1) is 0 Å². The van der Waals surface area contributed by atoms with Gasteiger partial charge in [0.1, 0.15) is 17.2 Å². The summed E-state index contributed by atoms with van der Waals surface area (Å²) in [5.74, 6) is -1.51. The summed E-state index contributed by atoms with van der Waals surface area (Å²) in [5, 5.41) is 6.06. The van der Waals surface area contributed by atoms with Crippen LogP contribution in [0.5, 0.6) is 17.2 Å². The number of nitrogens with zero attached hydrogens (tertiary/aromatic N) is 2. The van der Waals surface area contributed by atoms with Gasteiger partial charge in [0.2, 0.25) is 5.75 Å². The minimum atomic E-state index is -0.791. The van der Waals surface area contributed by atoms with Crippen molar-refractivity contribution in [1.82, 2.24) is 5.01 Å². The molecule has 0 saturated heterocycles. The third-order valence-electron chi connectivity index (χ3n) is 7.43. The summed E-state index contributed by atoms with van der Waals surface area (Å²) in [6.07, 6.45) is 4.29. The highest BCUT2D eigenvalue weighted by atomic mass is 19.1. The third kappa shape index (κ3) is 5.70. The second kappa shape index (κ2) is 12.4. The summed E-state index contributed by atoms with van der Waals surface area (Å²) >= 11 is 0. The van der Waals surface area contributed by atoms with Crippen molar-refractivity contribution in [2.75, 3.05) is 27.9 Å². The van der Waals surface area contributed by atoms with Crippen LogP contribution in [0.1, 0.15) is 46.8 Å². The first kappa shape index (κ1) is 28.8. The van der Waals surface area contributed by atoms with E-state index < -0.39 is 30.3 Å². The number of hydrazone groups is 1. The lowest BCUT2D eigenvalue weighted by atomic mass is 9.77. The van der Waals surface area contributed by atoms with Gasteiger partial charge in [-0.05, 0) is 78.4 Å². The number of methoxy groups -OCH3 is 3. The lowest BCUT2D eigenvalue weighted by molar-refractivity contribution is -0.137. The largest absolute Gasteiger partial charge is 0.493 e. The van der Waals surface area contributed by atoms with Crippen LogP contribution in [0.4, 0.5) is 8.78 Å². The number of carbonyl (C=O) groups is 2. The fraction of sp³-hybridized carbons (Fsp3) is 0.281. The molecule has 5 rings (SSSR count). The quantitative estimate of drug-likeness (QED) is 0.307. The number of hydrogen-bond acceptors (Lipinski definition) is 7. The van der Waals surface area contributed by atoms with Crippen LogP contribution < -0.4 is 14.2 Å². The second-order valence-electron chi connectivity index (χ2n) is 9.90. The molecule has 0 spiro atoms. The van der Waals surface area contributed by atoms with Gasteiger partial charge in [-0.1, -0.05) is 24.3 Å². The van der Waals surface area contributed by atoms with Gasteiger partial charge in [0.05, 0.1) is 33.1 Å². The van der Waals surface area contributed by atoms with Crippen molar-refractivity contribution < 1.29 is 37.3 Å². The molecule has 2 aliphatic rings. The van der Waals surface area contributed by atoms with E-state index in [-0.39, 0.29) is 28.8 Å². The summed E-state index contributed by atoms with van der Waals surface area (Å²) < 4.78 is 48.7. The number of halogens is 2. The van der Waals surface area contributed by atoms with Crippen molar-refractivity contribution in [2.24, 2.45) is 11.0 Å². The minimum Gasteiger partial charge on any atom is -0.493 e. The molecule has 1 aliphatic heterocycles. The molecule has 0 bridgehead atoms. The molecule has 1 saturated carbocycles. The van der Waals surface area contributed by atoms with Gasteiger partial charge >= 0.3 is 5.97 Å². The van der Waals surface area contributed by atoms with Crippen molar-refractivity contribution in [3.05, 3.63) is 94.6 Å². The molecule has 3 aromatic rings. The van der Waals surface area contributed by atoms with Crippen LogP contribution in [-0.4, -0.2) is 50.5 Å². The molecule has 0 radical (unpaired) electrons. The first-order chi connectivity index (χ1) is 20.3. The average molecular weight is 577 g/mol. The molecule has 1 heterocycles. The number of esters is 1. The zero-order valence-electron chi connectivity index (χ0n) is 23.4. The zero-order chi connectivity index (χ0) is 29.8. The third-order valence-corrected chi connectivity index (χ3v) is 7.43. The van der Waals surface area contributed by atoms with E-state index >= 15 is 0 Å². The van der Waals surface area contributed by atoms with Crippen molar-refractivity contribution in [2.45, 2.75) is 25.3 Å². The number of fused-ring (bicyclic) bond motifs is 1. The van der Waals surface area contributed by atoms with Crippen LogP contribution in [0.2, 0.25) is 0 Å². The normalized spacial score (nSPS) is 18.7. The van der Waals surface area contributed by atoms with Crippen LogP contribution in [0, 0.1) is 17.6 Å². The Morgan fingerprint density at radius 2 is 1.57 bits per heavy atom. The Kier molecular flexibility index (Phi) is 8.51. The van der Waals surface area contributed by atoms with Gasteiger partial charge in [-0.2, -0.15) is 5.10 Å². The molecule has 1 aliphatic carbocycles. The van der Waals surface area contributed by atoms with Gasteiger partial charge in [0.25, 0.3) is 5.91 Å². The second-order valence-corrected chi connectivity index (χ2v) is 9.90. The number of rotatable bonds is 8. The smallest absolute Gasteiger partial charge is 0.342 e. The molecule has 218 valence electrons. The maximum atomic E-state index is 13.8. The summed E-state index contributed by atoms with van der Waals surface area (Å²) in [6.45, 7) is -0.589. The molecule has 10 heteroatoms. The number of ether oxygens (including phenoxy) is 4. The fourth-order valence-corrected chi connectivity index (χ4v) is 5.49. The Hall–Kier alpha value is -4.73. The van der Waals surface area contributed by atoms with Crippen molar-refractivity contribution in [3.8, 4) is 17.2 Å². The monoisotopic (exact) mass is 576 g/mol. The maximum Gasteiger partial charge on any atom is 0.342 e. The lowest BCUT2D eigenvalue weighted by Gasteiger charge is -2.29. The molecule has 0 N–H and O–H groups in total. The van der Waals surface area contributed by atoms with Crippen LogP contribution in [0.15, 0.2) is 71.3 Å². The Morgan fingerprint density at radius 3 is 2.21 bits per heavy atom. The average Bonchev–Trinajstić information content (AvgIpc) is 3.41. The Balaban J connectivity index is 1.43. The SMILES string of the molecule is COc1ccc(C(=O)OCC(=O)N2N=C3C(=Cc4ccc(F)cc4)CCCC3C2c2ccc(F)cc2)c(OC)c1OC. The predicted molar refractivity (Wildman–Crippen MR) is 152 cm³/mol. The number of benzene rings is 3. The Morgan fingerprint density at radius 1 is 0.905 bits per heavy atom. The standard InChI is InChI=1S/C32H30F2N2O6/c1-39-26-16-15-25(30(40-2)31(26)41-3)32(38)42-18-27(37)36-29(20-9-13-23(34)14-10-20)24-6-4-5-21(28(24)35-36)17-19-7-11-22(33)12-8-19/h7-17,24,29H,4-6,18H2,1-3H3. The maximum absolute atomic E-state index is 13.8. The molecule has 1 amide bonds. The highest BCUT2D eigenvalue weighted by molar-refractivity contribution is 6.08. The van der Waals surface area contributed by atoms with Gasteiger partial charge in [0.15, 0.2) is 18.1 Å². The molecule has 2 atom stereocenters. The zero-order valence-corrected chi connectivity index (χ0v) is 23.4. The number of carbonyl (C=O) groups excluding carboxylic acids is 2. The van der Waals surface area contributed by atoms with E-state index in [4.69, 9.17) is 24.0 Å². The highest BCUT2D eigenvalue weighted by Gasteiger charge is 2.44. The Labute approximate surface area is 242 Å². The number of allylic oxidation sites excluding steroid dienone is 1. The summed E-state index contributed by atoms with van der Waals surface area (Å²) in [6, 6.07) is 14.6. The first-order valence-corrected chi connectivity index (χ1v) is 13.4. The summed E-state index contributed by atoms with van der Waals surface area (Å²) in [4.78, 5) is 26.6. The van der Waals surface area contributed by atoms with Crippen LogP contribution in [0.3, 0.4) is 0 Å². The molecule has 2 unspecified atom stereocenters. The molecular weight excluding hydrogens is 546 g/mol. The number of amides is 1. The van der Waals surface area contributed by atoms with Gasteiger partial charge in [-0.25, -0.2) is 18.6 Å². The molecule has 8 nitrogen and oxygen atoms in total. The minimum absolute atomic E-state index is 0.0592. The van der Waals surface area contributed by atoms with E-state index in [2.05, 4.69) is 0 Å². The van der Waals surface area contributed by atoms with E-state index in [1.807, 2.05) is 6.08 Å². The molecule has 0 aromatic heterocycles. The van der Waals surface area contributed by atoms with Crippen LogP contribution in [0.25, 0.3) is 6.08 Å². The first-order valence-electron chi connectivity index (χ1n) is 13.4. The van der Waals surface area contributed by atoms with Crippen LogP contribution in [-0.2, 0) is 9.53 Å². The van der Waals surface area contributed by atoms with E-state index in [0.29, 0.717) is 11.3 Å². The van der Waals surface area contributed by atoms with Crippen molar-refractivity contribution >= 4 is 23.7 Å². The van der Waals surface area contributed by atoms with Gasteiger partial charge < -0.3 is 18.9 Å². The lowest BCUT2D eigenvalue weighted by Crippen LogP contribution is -2.34. The number of hydrogen-bond donors (Lipinski definition) is 0. The molecule has 42 heavy (non-hydrogen) atoms. The molecule has 3 aromatic carbocycles. The van der Waals surface area contributed by atoms with E-state index in [1.165, 1.54) is 62.7 Å².